The predicted octanol–water partition coefficient (Wildman–Crippen LogP) is 4.45. The Balaban J connectivity index is 1.63. The van der Waals surface area contributed by atoms with Crippen molar-refractivity contribution in [3.8, 4) is 17.2 Å². The van der Waals surface area contributed by atoms with Crippen molar-refractivity contribution in [2.45, 2.75) is 13.8 Å². The largest absolute Gasteiger partial charge is 0.494 e. The molecule has 36 heavy (non-hydrogen) atoms. The molecule has 2 amide bonds. The monoisotopic (exact) mass is 509 g/mol. The molecule has 3 aromatic carbocycles. The van der Waals surface area contributed by atoms with Crippen LogP contribution in [0.1, 0.15) is 29.8 Å². The van der Waals surface area contributed by atoms with Crippen LogP contribution in [-0.4, -0.2) is 37.2 Å². The van der Waals surface area contributed by atoms with Gasteiger partial charge in [0.05, 0.1) is 35.7 Å². The summed E-state index contributed by atoms with van der Waals surface area (Å²) in [5.41, 5.74) is 3.33. The number of para-hydroxylation sites is 1. The number of carbonyl (C=O) groups excluding carboxylic acids is 3. The first kappa shape index (κ1) is 26.2. The lowest BCUT2D eigenvalue weighted by Crippen LogP contribution is -2.32. The molecule has 0 aromatic heterocycles. The van der Waals surface area contributed by atoms with Crippen molar-refractivity contribution < 1.29 is 28.6 Å². The van der Waals surface area contributed by atoms with Crippen molar-refractivity contribution in [1.82, 2.24) is 5.43 Å². The number of amides is 2. The van der Waals surface area contributed by atoms with E-state index in [1.165, 1.54) is 6.21 Å². The molecule has 0 heterocycles. The molecule has 3 rings (SSSR count). The molecule has 0 aliphatic carbocycles. The van der Waals surface area contributed by atoms with E-state index in [2.05, 4.69) is 15.8 Å². The summed E-state index contributed by atoms with van der Waals surface area (Å²) in [5, 5.41) is 6.50. The molecule has 0 saturated carbocycles. The van der Waals surface area contributed by atoms with E-state index >= 15 is 0 Å². The number of hydrogen-bond acceptors (Lipinski definition) is 7. The summed E-state index contributed by atoms with van der Waals surface area (Å²) < 4.78 is 16.5. The first-order valence-electron chi connectivity index (χ1n) is 11.0. The van der Waals surface area contributed by atoms with E-state index in [0.717, 1.165) is 0 Å². The van der Waals surface area contributed by atoms with E-state index in [1.807, 2.05) is 6.92 Å². The molecule has 0 bridgehead atoms. The van der Waals surface area contributed by atoms with E-state index in [1.54, 1.807) is 73.7 Å². The highest BCUT2D eigenvalue weighted by molar-refractivity contribution is 6.41. The maximum Gasteiger partial charge on any atom is 0.343 e. The van der Waals surface area contributed by atoms with Gasteiger partial charge < -0.3 is 19.5 Å². The summed E-state index contributed by atoms with van der Waals surface area (Å²) in [6.07, 6.45) is 1.32. The first-order valence-corrected chi connectivity index (χ1v) is 11.4. The van der Waals surface area contributed by atoms with Crippen LogP contribution in [0.2, 0.25) is 5.02 Å². The van der Waals surface area contributed by atoms with Gasteiger partial charge in [-0.1, -0.05) is 23.7 Å². The van der Waals surface area contributed by atoms with Crippen LogP contribution in [0, 0.1) is 0 Å². The van der Waals surface area contributed by atoms with Crippen LogP contribution in [0.4, 0.5) is 5.69 Å². The van der Waals surface area contributed by atoms with Gasteiger partial charge in [0, 0.05) is 0 Å². The number of carbonyl (C=O) groups is 3. The lowest BCUT2D eigenvalue weighted by molar-refractivity contribution is -0.136. The van der Waals surface area contributed by atoms with Crippen LogP contribution in [0.3, 0.4) is 0 Å². The predicted molar refractivity (Wildman–Crippen MR) is 136 cm³/mol. The topological polar surface area (TPSA) is 115 Å². The molecule has 0 radical (unpaired) electrons. The minimum absolute atomic E-state index is 0.219. The van der Waals surface area contributed by atoms with Crippen molar-refractivity contribution in [3.63, 3.8) is 0 Å². The van der Waals surface area contributed by atoms with Crippen LogP contribution in [-0.2, 0) is 9.59 Å². The van der Waals surface area contributed by atoms with Crippen molar-refractivity contribution >= 4 is 41.3 Å². The molecule has 0 aliphatic heterocycles. The zero-order valence-corrected chi connectivity index (χ0v) is 20.4. The zero-order valence-electron chi connectivity index (χ0n) is 19.6. The molecule has 9 nitrogen and oxygen atoms in total. The SMILES string of the molecule is CCOc1ccc(C(=O)Oc2ccc(/C=N\NC(=O)C(=O)Nc3ccccc3Cl)cc2OCC)cc1. The number of halogens is 1. The molecule has 0 saturated heterocycles. The Kier molecular flexibility index (Phi) is 9.41. The van der Waals surface area contributed by atoms with E-state index in [0.29, 0.717) is 46.5 Å². The second-order valence-corrected chi connectivity index (χ2v) is 7.53. The van der Waals surface area contributed by atoms with Crippen molar-refractivity contribution in [2.24, 2.45) is 5.10 Å². The molecule has 0 fully saturated rings. The first-order chi connectivity index (χ1) is 17.4. The van der Waals surface area contributed by atoms with Gasteiger partial charge in [-0.05, 0) is 74.0 Å². The summed E-state index contributed by atoms with van der Waals surface area (Å²) in [6, 6.07) is 17.9. The number of nitrogens with zero attached hydrogens (tertiary/aromatic N) is 1. The Hall–Kier alpha value is -4.37. The number of anilines is 1. The van der Waals surface area contributed by atoms with Gasteiger partial charge in [0.15, 0.2) is 11.5 Å². The van der Waals surface area contributed by atoms with E-state index in [4.69, 9.17) is 25.8 Å². The molecular formula is C26H24ClN3O6. The Morgan fingerprint density at radius 2 is 1.61 bits per heavy atom. The number of rotatable bonds is 9. The van der Waals surface area contributed by atoms with Gasteiger partial charge in [0.1, 0.15) is 5.75 Å². The highest BCUT2D eigenvalue weighted by Gasteiger charge is 2.15. The standard InChI is InChI=1S/C26H24ClN3O6/c1-3-34-19-12-10-18(11-13-19)26(33)36-22-14-9-17(15-23(22)35-4-2)16-28-30-25(32)24(31)29-21-8-6-5-7-20(21)27/h5-16H,3-4H2,1-2H3,(H,29,31)(H,30,32)/b28-16-. The Morgan fingerprint density at radius 3 is 2.31 bits per heavy atom. The van der Waals surface area contributed by atoms with Crippen LogP contribution in [0.25, 0.3) is 0 Å². The van der Waals surface area contributed by atoms with Crippen LogP contribution >= 0.6 is 11.6 Å². The van der Waals surface area contributed by atoms with Gasteiger partial charge in [-0.3, -0.25) is 9.59 Å². The second-order valence-electron chi connectivity index (χ2n) is 7.12. The lowest BCUT2D eigenvalue weighted by atomic mass is 10.2. The molecule has 2 N–H and O–H groups in total. The quantitative estimate of drug-likeness (QED) is 0.145. The number of hydrogen-bond donors (Lipinski definition) is 2. The molecular weight excluding hydrogens is 486 g/mol. The van der Waals surface area contributed by atoms with Crippen LogP contribution in [0.5, 0.6) is 17.2 Å². The fraction of sp³-hybridized carbons (Fsp3) is 0.154. The smallest absolute Gasteiger partial charge is 0.343 e. The summed E-state index contributed by atoms with van der Waals surface area (Å²) in [4.78, 5) is 36.6. The van der Waals surface area contributed by atoms with Crippen molar-refractivity contribution in [1.29, 1.82) is 0 Å². The maximum atomic E-state index is 12.5. The molecule has 186 valence electrons. The summed E-state index contributed by atoms with van der Waals surface area (Å²) in [5.74, 6) is -1.28. The van der Waals surface area contributed by atoms with E-state index in [9.17, 15) is 14.4 Å². The third kappa shape index (κ3) is 7.31. The number of hydrazone groups is 1. The number of esters is 1. The third-order valence-corrected chi connectivity index (χ3v) is 4.91. The van der Waals surface area contributed by atoms with Gasteiger partial charge in [-0.25, -0.2) is 10.2 Å². The average molecular weight is 510 g/mol. The second kappa shape index (κ2) is 12.9. The van der Waals surface area contributed by atoms with Crippen molar-refractivity contribution in [2.75, 3.05) is 18.5 Å². The van der Waals surface area contributed by atoms with Gasteiger partial charge in [-0.2, -0.15) is 5.10 Å². The van der Waals surface area contributed by atoms with Gasteiger partial charge >= 0.3 is 17.8 Å². The highest BCUT2D eigenvalue weighted by atomic mass is 35.5. The van der Waals surface area contributed by atoms with E-state index in [-0.39, 0.29) is 5.75 Å². The Bertz CT molecular complexity index is 1260. The molecule has 0 unspecified atom stereocenters. The maximum absolute atomic E-state index is 12.5. The fourth-order valence-corrected chi connectivity index (χ4v) is 3.11. The highest BCUT2D eigenvalue weighted by Crippen LogP contribution is 2.29. The third-order valence-electron chi connectivity index (χ3n) is 4.58. The van der Waals surface area contributed by atoms with Gasteiger partial charge in [0.2, 0.25) is 0 Å². The summed E-state index contributed by atoms with van der Waals surface area (Å²) >= 11 is 5.97. The minimum atomic E-state index is -0.975. The fourth-order valence-electron chi connectivity index (χ4n) is 2.93. The zero-order chi connectivity index (χ0) is 25.9. The average Bonchev–Trinajstić information content (AvgIpc) is 2.87. The lowest BCUT2D eigenvalue weighted by Gasteiger charge is -2.11. The number of benzene rings is 3. The summed E-state index contributed by atoms with van der Waals surface area (Å²) in [6.45, 7) is 4.51. The minimum Gasteiger partial charge on any atom is -0.494 e. The van der Waals surface area contributed by atoms with E-state index < -0.39 is 17.8 Å². The van der Waals surface area contributed by atoms with Crippen LogP contribution in [0.15, 0.2) is 71.8 Å². The Morgan fingerprint density at radius 1 is 0.889 bits per heavy atom. The van der Waals surface area contributed by atoms with Crippen molar-refractivity contribution in [3.05, 3.63) is 82.9 Å². The molecule has 0 aliphatic rings. The Labute approximate surface area is 213 Å². The number of nitrogens with one attached hydrogen (secondary N) is 2. The van der Waals surface area contributed by atoms with Crippen LogP contribution < -0.4 is 25.0 Å². The molecule has 10 heteroatoms. The number of ether oxygens (including phenoxy) is 3. The molecule has 3 aromatic rings. The normalized spacial score (nSPS) is 10.5. The molecule has 0 atom stereocenters. The van der Waals surface area contributed by atoms with Gasteiger partial charge in [0.25, 0.3) is 0 Å². The summed E-state index contributed by atoms with van der Waals surface area (Å²) in [7, 11) is 0. The molecule has 0 spiro atoms. The van der Waals surface area contributed by atoms with Gasteiger partial charge in [-0.15, -0.1) is 0 Å².